The number of rotatable bonds is 4. The Kier molecular flexibility index (Phi) is 5.96. The number of aromatic nitrogens is 3. The minimum atomic E-state index is 0.826. The summed E-state index contributed by atoms with van der Waals surface area (Å²) in [6, 6.07) is 63.1. The van der Waals surface area contributed by atoms with Gasteiger partial charge in [0.2, 0.25) is 0 Å². The zero-order chi connectivity index (χ0) is 33.5. The number of para-hydroxylation sites is 2. The number of fused-ring (bicyclic) bond motifs is 4. The quantitative estimate of drug-likeness (QED) is 0.190. The van der Waals surface area contributed by atoms with Crippen molar-refractivity contribution in [2.45, 2.75) is 0 Å². The maximum absolute atomic E-state index is 5.45. The molecule has 1 aliphatic rings. The minimum absolute atomic E-state index is 0.826. The van der Waals surface area contributed by atoms with E-state index in [0.29, 0.717) is 0 Å². The number of hydrogen-bond donors (Lipinski definition) is 0. The summed E-state index contributed by atoms with van der Waals surface area (Å²) in [6.45, 7) is 0. The van der Waals surface area contributed by atoms with Gasteiger partial charge < -0.3 is 0 Å². The maximum Gasteiger partial charge on any atom is 0.165 e. The van der Waals surface area contributed by atoms with Crippen LogP contribution in [-0.4, -0.2) is 14.5 Å². The van der Waals surface area contributed by atoms with Gasteiger partial charge in [-0.25, -0.2) is 9.97 Å². The van der Waals surface area contributed by atoms with E-state index in [0.717, 1.165) is 44.7 Å². The molecule has 11 rings (SSSR count). The zero-order valence-electron chi connectivity index (χ0n) is 27.6. The van der Waals surface area contributed by atoms with Crippen molar-refractivity contribution in [1.82, 2.24) is 14.5 Å². The highest BCUT2D eigenvalue weighted by Crippen LogP contribution is 2.51. The molecule has 0 unspecified atom stereocenters. The highest BCUT2D eigenvalue weighted by molar-refractivity contribution is 6.31. The Morgan fingerprint density at radius 1 is 0.333 bits per heavy atom. The summed E-state index contributed by atoms with van der Waals surface area (Å²) in [5.41, 5.74) is 15.6. The van der Waals surface area contributed by atoms with Gasteiger partial charge in [0, 0.05) is 16.3 Å². The standard InChI is InChI=1S/C48H29N3/c1-3-13-30(14-4-1)32-17-11-18-34(27-32)47-48(50-41-23-10-9-22-40(41)49-47)51-42-24-12-21-38-36-19-7-8-20-37(36)39-29-35(31-15-5-2-6-16-31)28-33-25-26-43(51)46(44(33)39)45(38)42/h1-29H. The molecule has 0 radical (unpaired) electrons. The van der Waals surface area contributed by atoms with E-state index >= 15 is 0 Å². The SMILES string of the molecule is c1ccc(-c2cccc(-c3nc4ccccc4nc3-n3c4cccc5c4c4c6c(cc(-c7ccccc7)cc6ccc43)-c3ccccc3-5)c2)cc1. The monoisotopic (exact) mass is 647 g/mol. The minimum Gasteiger partial charge on any atom is -0.292 e. The highest BCUT2D eigenvalue weighted by Gasteiger charge is 2.27. The van der Waals surface area contributed by atoms with E-state index < -0.39 is 0 Å². The van der Waals surface area contributed by atoms with Crippen molar-refractivity contribution < 1.29 is 0 Å². The Balaban J connectivity index is 1.28. The van der Waals surface area contributed by atoms with E-state index in [1.165, 1.54) is 60.5 Å². The predicted molar refractivity (Wildman–Crippen MR) is 212 cm³/mol. The molecule has 236 valence electrons. The van der Waals surface area contributed by atoms with Crippen molar-refractivity contribution >= 4 is 43.6 Å². The molecule has 0 saturated heterocycles. The zero-order valence-corrected chi connectivity index (χ0v) is 27.6. The summed E-state index contributed by atoms with van der Waals surface area (Å²) in [5.74, 6) is 0.826. The predicted octanol–water partition coefficient (Wildman–Crippen LogP) is 12.5. The van der Waals surface area contributed by atoms with Gasteiger partial charge in [0.15, 0.2) is 5.82 Å². The third-order valence-corrected chi connectivity index (χ3v) is 10.5. The number of nitrogens with zero attached hydrogens (tertiary/aromatic N) is 3. The first-order valence-corrected chi connectivity index (χ1v) is 17.4. The van der Waals surface area contributed by atoms with Gasteiger partial charge in [-0.15, -0.1) is 0 Å². The second-order valence-electron chi connectivity index (χ2n) is 13.4. The Hall–Kier alpha value is -6.84. The molecule has 2 aromatic heterocycles. The van der Waals surface area contributed by atoms with Crippen molar-refractivity contribution in [2.75, 3.05) is 0 Å². The van der Waals surface area contributed by atoms with Crippen LogP contribution in [0.1, 0.15) is 0 Å². The first kappa shape index (κ1) is 28.0. The van der Waals surface area contributed by atoms with Crippen LogP contribution in [0, 0.1) is 0 Å². The van der Waals surface area contributed by atoms with Crippen molar-refractivity contribution in [1.29, 1.82) is 0 Å². The molecule has 0 fully saturated rings. The summed E-state index contributed by atoms with van der Waals surface area (Å²) in [4.78, 5) is 10.8. The third-order valence-electron chi connectivity index (χ3n) is 10.5. The van der Waals surface area contributed by atoms with E-state index in [9.17, 15) is 0 Å². The molecule has 3 heteroatoms. The first-order valence-electron chi connectivity index (χ1n) is 17.4. The van der Waals surface area contributed by atoms with Crippen molar-refractivity contribution in [2.24, 2.45) is 0 Å². The fourth-order valence-corrected chi connectivity index (χ4v) is 8.25. The van der Waals surface area contributed by atoms with Gasteiger partial charge in [-0.3, -0.25) is 4.57 Å². The van der Waals surface area contributed by atoms with E-state index in [4.69, 9.17) is 9.97 Å². The molecule has 3 nitrogen and oxygen atoms in total. The van der Waals surface area contributed by atoms with Crippen LogP contribution in [0.3, 0.4) is 0 Å². The Labute approximate surface area is 294 Å². The lowest BCUT2D eigenvalue weighted by Crippen LogP contribution is -2.04. The molecule has 0 atom stereocenters. The van der Waals surface area contributed by atoms with E-state index in [2.05, 4.69) is 168 Å². The van der Waals surface area contributed by atoms with Gasteiger partial charge in [0.05, 0.1) is 22.1 Å². The smallest absolute Gasteiger partial charge is 0.165 e. The van der Waals surface area contributed by atoms with Crippen molar-refractivity contribution in [3.63, 3.8) is 0 Å². The molecule has 10 aromatic rings. The average Bonchev–Trinajstić information content (AvgIpc) is 3.49. The fourth-order valence-electron chi connectivity index (χ4n) is 8.25. The van der Waals surface area contributed by atoms with E-state index in [1.807, 2.05) is 12.1 Å². The number of benzene rings is 8. The molecular weight excluding hydrogens is 619 g/mol. The first-order chi connectivity index (χ1) is 25.3. The van der Waals surface area contributed by atoms with Gasteiger partial charge in [0.25, 0.3) is 0 Å². The molecule has 0 bridgehead atoms. The van der Waals surface area contributed by atoms with Crippen LogP contribution in [0.4, 0.5) is 0 Å². The van der Waals surface area contributed by atoms with Gasteiger partial charge in [0.1, 0.15) is 5.69 Å². The molecule has 51 heavy (non-hydrogen) atoms. The highest BCUT2D eigenvalue weighted by atomic mass is 15.1. The summed E-state index contributed by atoms with van der Waals surface area (Å²) in [5, 5.41) is 5.00. The molecule has 0 amide bonds. The van der Waals surface area contributed by atoms with Crippen LogP contribution in [0.2, 0.25) is 0 Å². The molecule has 0 aliphatic heterocycles. The van der Waals surface area contributed by atoms with Crippen LogP contribution in [0.15, 0.2) is 176 Å². The summed E-state index contributed by atoms with van der Waals surface area (Å²) < 4.78 is 2.36. The van der Waals surface area contributed by atoms with Gasteiger partial charge >= 0.3 is 0 Å². The molecule has 0 N–H and O–H groups in total. The topological polar surface area (TPSA) is 30.7 Å². The molecule has 2 heterocycles. The summed E-state index contributed by atoms with van der Waals surface area (Å²) in [7, 11) is 0. The summed E-state index contributed by atoms with van der Waals surface area (Å²) in [6.07, 6.45) is 0. The van der Waals surface area contributed by atoms with Crippen molar-refractivity contribution in [3.8, 4) is 61.6 Å². The van der Waals surface area contributed by atoms with Crippen molar-refractivity contribution in [3.05, 3.63) is 176 Å². The molecular formula is C48H29N3. The van der Waals surface area contributed by atoms with E-state index in [-0.39, 0.29) is 0 Å². The second-order valence-corrected chi connectivity index (χ2v) is 13.4. The summed E-state index contributed by atoms with van der Waals surface area (Å²) >= 11 is 0. The van der Waals surface area contributed by atoms with Gasteiger partial charge in [-0.1, -0.05) is 133 Å². The normalized spacial score (nSPS) is 11.9. The average molecular weight is 648 g/mol. The lowest BCUT2D eigenvalue weighted by Gasteiger charge is -2.17. The fraction of sp³-hybridized carbons (Fsp3) is 0. The third kappa shape index (κ3) is 4.19. The van der Waals surface area contributed by atoms with Crippen LogP contribution in [0.5, 0.6) is 0 Å². The Morgan fingerprint density at radius 2 is 0.922 bits per heavy atom. The molecule has 0 spiro atoms. The molecule has 0 saturated carbocycles. The largest absolute Gasteiger partial charge is 0.292 e. The Bertz CT molecular complexity index is 3010. The van der Waals surface area contributed by atoms with Crippen LogP contribution in [-0.2, 0) is 0 Å². The molecule has 8 aromatic carbocycles. The lowest BCUT2D eigenvalue weighted by atomic mass is 9.90. The van der Waals surface area contributed by atoms with Crippen LogP contribution in [0.25, 0.3) is 105 Å². The van der Waals surface area contributed by atoms with Gasteiger partial charge in [-0.05, 0) is 97.7 Å². The lowest BCUT2D eigenvalue weighted by molar-refractivity contribution is 1.08. The Morgan fingerprint density at radius 3 is 1.71 bits per heavy atom. The van der Waals surface area contributed by atoms with Crippen LogP contribution < -0.4 is 0 Å². The maximum atomic E-state index is 5.45. The second kappa shape index (κ2) is 10.8. The molecule has 1 aliphatic carbocycles. The number of hydrogen-bond acceptors (Lipinski definition) is 2. The van der Waals surface area contributed by atoms with Crippen LogP contribution >= 0.6 is 0 Å². The van der Waals surface area contributed by atoms with Gasteiger partial charge in [-0.2, -0.15) is 0 Å². The van der Waals surface area contributed by atoms with E-state index in [1.54, 1.807) is 0 Å².